The third-order valence-electron chi connectivity index (χ3n) is 2.84. The molecule has 0 saturated heterocycles. The van der Waals surface area contributed by atoms with Gasteiger partial charge in [0.2, 0.25) is 5.82 Å². The van der Waals surface area contributed by atoms with Crippen molar-refractivity contribution in [2.24, 2.45) is 11.1 Å². The molecule has 0 bridgehead atoms. The van der Waals surface area contributed by atoms with Gasteiger partial charge in [-0.15, -0.1) is 5.10 Å². The summed E-state index contributed by atoms with van der Waals surface area (Å²) in [6, 6.07) is -0.106. The molecule has 102 valence electrons. The van der Waals surface area contributed by atoms with Crippen molar-refractivity contribution in [1.82, 2.24) is 20.5 Å². The van der Waals surface area contributed by atoms with Gasteiger partial charge in [0.15, 0.2) is 0 Å². The summed E-state index contributed by atoms with van der Waals surface area (Å²) < 4.78 is 0. The Morgan fingerprint density at radius 1 is 1.44 bits per heavy atom. The van der Waals surface area contributed by atoms with E-state index in [0.29, 0.717) is 12.4 Å². The number of hydrogen-bond acceptors (Lipinski definition) is 4. The van der Waals surface area contributed by atoms with Crippen molar-refractivity contribution in [3.8, 4) is 0 Å². The Morgan fingerprint density at radius 2 is 2.06 bits per heavy atom. The van der Waals surface area contributed by atoms with Crippen molar-refractivity contribution >= 4 is 5.91 Å². The Labute approximate surface area is 108 Å². The van der Waals surface area contributed by atoms with Crippen molar-refractivity contribution in [3.05, 3.63) is 11.6 Å². The molecule has 1 aromatic heterocycles. The van der Waals surface area contributed by atoms with E-state index in [2.05, 4.69) is 20.5 Å². The second-order valence-corrected chi connectivity index (χ2v) is 5.83. The predicted octanol–water partition coefficient (Wildman–Crippen LogP) is 1.03. The van der Waals surface area contributed by atoms with E-state index in [1.165, 1.54) is 0 Å². The number of aromatic nitrogens is 3. The first-order valence-corrected chi connectivity index (χ1v) is 6.19. The van der Waals surface area contributed by atoms with E-state index in [1.54, 1.807) is 0 Å². The van der Waals surface area contributed by atoms with Gasteiger partial charge >= 0.3 is 0 Å². The van der Waals surface area contributed by atoms with E-state index in [-0.39, 0.29) is 29.1 Å². The number of nitrogens with one attached hydrogen (secondary N) is 2. The lowest BCUT2D eigenvalue weighted by molar-refractivity contribution is 0.0895. The zero-order valence-electron chi connectivity index (χ0n) is 11.7. The van der Waals surface area contributed by atoms with Crippen LogP contribution in [-0.2, 0) is 0 Å². The van der Waals surface area contributed by atoms with Crippen LogP contribution in [0, 0.1) is 5.41 Å². The molecular formula is C12H23N5O. The van der Waals surface area contributed by atoms with Gasteiger partial charge in [-0.05, 0) is 5.41 Å². The fourth-order valence-corrected chi connectivity index (χ4v) is 1.49. The van der Waals surface area contributed by atoms with E-state index in [0.717, 1.165) is 0 Å². The summed E-state index contributed by atoms with van der Waals surface area (Å²) in [7, 11) is 0. The number of aromatic amines is 1. The molecule has 1 amide bonds. The molecule has 0 radical (unpaired) electrons. The first-order chi connectivity index (χ1) is 8.25. The molecule has 1 rings (SSSR count). The van der Waals surface area contributed by atoms with Gasteiger partial charge < -0.3 is 11.1 Å². The lowest BCUT2D eigenvalue weighted by atomic mass is 9.87. The molecule has 0 saturated carbocycles. The molecule has 1 aromatic rings. The first-order valence-electron chi connectivity index (χ1n) is 6.19. The molecule has 6 nitrogen and oxygen atoms in total. The van der Waals surface area contributed by atoms with Gasteiger partial charge in [0.25, 0.3) is 5.91 Å². The maximum Gasteiger partial charge on any atom is 0.291 e. The highest BCUT2D eigenvalue weighted by molar-refractivity contribution is 5.90. The van der Waals surface area contributed by atoms with Crippen LogP contribution < -0.4 is 11.1 Å². The van der Waals surface area contributed by atoms with E-state index < -0.39 is 0 Å². The smallest absolute Gasteiger partial charge is 0.291 e. The molecule has 4 N–H and O–H groups in total. The fraction of sp³-hybridized carbons (Fsp3) is 0.750. The number of nitrogens with two attached hydrogens (primary N) is 1. The maximum atomic E-state index is 12.0. The van der Waals surface area contributed by atoms with Gasteiger partial charge in [0, 0.05) is 18.5 Å². The summed E-state index contributed by atoms with van der Waals surface area (Å²) in [5, 5.41) is 9.55. The highest BCUT2D eigenvalue weighted by Crippen LogP contribution is 2.18. The number of carbonyl (C=O) groups is 1. The molecule has 0 aliphatic rings. The normalized spacial score (nSPS) is 13.7. The minimum atomic E-state index is -0.288. The van der Waals surface area contributed by atoms with Crippen LogP contribution in [0.15, 0.2) is 0 Å². The van der Waals surface area contributed by atoms with E-state index in [4.69, 9.17) is 5.73 Å². The molecule has 0 fully saturated rings. The summed E-state index contributed by atoms with van der Waals surface area (Å²) in [4.78, 5) is 16.1. The Morgan fingerprint density at radius 3 is 2.44 bits per heavy atom. The third-order valence-corrected chi connectivity index (χ3v) is 2.84. The van der Waals surface area contributed by atoms with Gasteiger partial charge in [-0.2, -0.15) is 0 Å². The molecule has 0 spiro atoms. The van der Waals surface area contributed by atoms with Crippen molar-refractivity contribution in [2.75, 3.05) is 6.54 Å². The van der Waals surface area contributed by atoms with Crippen LogP contribution in [0.2, 0.25) is 0 Å². The molecular weight excluding hydrogens is 230 g/mol. The Bertz CT molecular complexity index is 405. The van der Waals surface area contributed by atoms with Gasteiger partial charge in [-0.25, -0.2) is 4.98 Å². The zero-order chi connectivity index (χ0) is 13.9. The average Bonchev–Trinajstić information content (AvgIpc) is 2.73. The Balaban J connectivity index is 2.75. The van der Waals surface area contributed by atoms with E-state index in [1.807, 2.05) is 34.6 Å². The Kier molecular flexibility index (Phi) is 4.45. The van der Waals surface area contributed by atoms with Crippen molar-refractivity contribution in [2.45, 2.75) is 46.6 Å². The number of H-pyrrole nitrogens is 1. The van der Waals surface area contributed by atoms with Crippen LogP contribution >= 0.6 is 0 Å². The fourth-order valence-electron chi connectivity index (χ4n) is 1.49. The highest BCUT2D eigenvalue weighted by atomic mass is 16.2. The summed E-state index contributed by atoms with van der Waals surface area (Å²) in [5.41, 5.74) is 5.58. The van der Waals surface area contributed by atoms with Crippen molar-refractivity contribution < 1.29 is 4.79 Å². The van der Waals surface area contributed by atoms with E-state index >= 15 is 0 Å². The summed E-state index contributed by atoms with van der Waals surface area (Å²) >= 11 is 0. The lowest BCUT2D eigenvalue weighted by Gasteiger charge is -2.29. The van der Waals surface area contributed by atoms with Crippen LogP contribution in [-0.4, -0.2) is 33.7 Å². The lowest BCUT2D eigenvalue weighted by Crippen LogP contribution is -2.48. The van der Waals surface area contributed by atoms with Crippen LogP contribution in [0.1, 0.15) is 57.0 Å². The molecule has 6 heteroatoms. The quantitative estimate of drug-likeness (QED) is 0.746. The molecule has 1 atom stereocenters. The van der Waals surface area contributed by atoms with Crippen molar-refractivity contribution in [1.29, 1.82) is 0 Å². The minimum absolute atomic E-state index is 0.0956. The van der Waals surface area contributed by atoms with Crippen LogP contribution in [0.25, 0.3) is 0 Å². The number of hydrogen-bond donors (Lipinski definition) is 3. The van der Waals surface area contributed by atoms with Crippen LogP contribution in [0.4, 0.5) is 0 Å². The Hall–Kier alpha value is -1.43. The van der Waals surface area contributed by atoms with Crippen LogP contribution in [0.5, 0.6) is 0 Å². The molecule has 0 aliphatic carbocycles. The predicted molar refractivity (Wildman–Crippen MR) is 70.2 cm³/mol. The van der Waals surface area contributed by atoms with E-state index in [9.17, 15) is 4.79 Å². The van der Waals surface area contributed by atoms with Crippen molar-refractivity contribution in [3.63, 3.8) is 0 Å². The average molecular weight is 253 g/mol. The summed E-state index contributed by atoms with van der Waals surface area (Å²) in [6.07, 6.45) is 0. The number of nitrogens with zero attached hydrogens (tertiary/aromatic N) is 2. The number of carbonyl (C=O) groups excluding carboxylic acids is 1. The SMILES string of the molecule is CC(C)c1nc(C(=O)NC(CN)C(C)(C)C)n[nH]1. The molecule has 1 unspecified atom stereocenters. The zero-order valence-corrected chi connectivity index (χ0v) is 11.7. The van der Waals surface area contributed by atoms with Gasteiger partial charge in [0.05, 0.1) is 0 Å². The largest absolute Gasteiger partial charge is 0.345 e. The second-order valence-electron chi connectivity index (χ2n) is 5.83. The second kappa shape index (κ2) is 5.48. The minimum Gasteiger partial charge on any atom is -0.345 e. The topological polar surface area (TPSA) is 96.7 Å². The maximum absolute atomic E-state index is 12.0. The molecule has 18 heavy (non-hydrogen) atoms. The monoisotopic (exact) mass is 253 g/mol. The number of rotatable bonds is 4. The van der Waals surface area contributed by atoms with Gasteiger partial charge in [-0.3, -0.25) is 9.89 Å². The van der Waals surface area contributed by atoms with Gasteiger partial charge in [0.1, 0.15) is 5.82 Å². The summed E-state index contributed by atoms with van der Waals surface area (Å²) in [5.74, 6) is 0.803. The number of amides is 1. The third kappa shape index (κ3) is 3.53. The standard InChI is InChI=1S/C12H23N5O/c1-7(2)9-15-10(17-16-9)11(18)14-8(6-13)12(3,4)5/h7-8H,6,13H2,1-5H3,(H,14,18)(H,15,16,17). The molecule has 1 heterocycles. The van der Waals surface area contributed by atoms with Crippen LogP contribution in [0.3, 0.4) is 0 Å². The highest BCUT2D eigenvalue weighted by Gasteiger charge is 2.26. The van der Waals surface area contributed by atoms with Gasteiger partial charge in [-0.1, -0.05) is 34.6 Å². The summed E-state index contributed by atoms with van der Waals surface area (Å²) in [6.45, 7) is 10.4. The molecule has 0 aromatic carbocycles. The first kappa shape index (κ1) is 14.6. The molecule has 0 aliphatic heterocycles.